The van der Waals surface area contributed by atoms with Gasteiger partial charge in [-0.25, -0.2) is 0 Å². The Morgan fingerprint density at radius 1 is 1.00 bits per heavy atom. The lowest BCUT2D eigenvalue weighted by Gasteiger charge is -2.42. The zero-order valence-electron chi connectivity index (χ0n) is 14.6. The minimum Gasteiger partial charge on any atom is -0.497 e. The van der Waals surface area contributed by atoms with Gasteiger partial charge in [-0.1, -0.05) is 12.1 Å². The maximum Gasteiger partial charge on any atom is 0.119 e. The number of hydrogen-bond donors (Lipinski definition) is 0. The lowest BCUT2D eigenvalue weighted by molar-refractivity contribution is 0.160. The summed E-state index contributed by atoms with van der Waals surface area (Å²) >= 11 is 0. The summed E-state index contributed by atoms with van der Waals surface area (Å²) in [6.07, 6.45) is 2.54. The van der Waals surface area contributed by atoms with Crippen molar-refractivity contribution in [3.8, 4) is 11.8 Å². The second kappa shape index (κ2) is 6.78. The van der Waals surface area contributed by atoms with Gasteiger partial charge < -0.3 is 9.64 Å². The van der Waals surface area contributed by atoms with Crippen molar-refractivity contribution in [3.63, 3.8) is 0 Å². The molecule has 2 fully saturated rings. The van der Waals surface area contributed by atoms with Gasteiger partial charge >= 0.3 is 0 Å². The maximum absolute atomic E-state index is 8.94. The Morgan fingerprint density at radius 2 is 1.64 bits per heavy atom. The van der Waals surface area contributed by atoms with Crippen LogP contribution in [0.4, 0.5) is 5.69 Å². The van der Waals surface area contributed by atoms with Gasteiger partial charge in [0.15, 0.2) is 0 Å². The fourth-order valence-corrected chi connectivity index (χ4v) is 4.15. The summed E-state index contributed by atoms with van der Waals surface area (Å²) in [5.41, 5.74) is 3.32. The van der Waals surface area contributed by atoms with Crippen molar-refractivity contribution in [3.05, 3.63) is 59.7 Å². The highest BCUT2D eigenvalue weighted by Gasteiger charge is 2.39. The molecule has 0 radical (unpaired) electrons. The summed E-state index contributed by atoms with van der Waals surface area (Å²) in [5, 5.41) is 8.94. The van der Waals surface area contributed by atoms with Crippen LogP contribution in [0.2, 0.25) is 0 Å². The molecule has 0 aromatic heterocycles. The number of nitrogens with zero attached hydrogens (tertiary/aromatic N) is 3. The van der Waals surface area contributed by atoms with E-state index in [0.717, 1.165) is 30.9 Å². The third-order valence-corrected chi connectivity index (χ3v) is 5.52. The van der Waals surface area contributed by atoms with E-state index in [9.17, 15) is 0 Å². The molecular formula is C21H23N3O. The Labute approximate surface area is 149 Å². The molecule has 4 rings (SSSR count). The molecule has 0 aliphatic carbocycles. The minimum absolute atomic E-state index is 0.608. The van der Waals surface area contributed by atoms with Crippen LogP contribution in [0.1, 0.15) is 24.0 Å². The summed E-state index contributed by atoms with van der Waals surface area (Å²) in [7, 11) is 1.71. The minimum atomic E-state index is 0.608. The van der Waals surface area contributed by atoms with Gasteiger partial charge in [-0.3, -0.25) is 4.90 Å². The van der Waals surface area contributed by atoms with E-state index in [1.165, 1.54) is 24.1 Å². The van der Waals surface area contributed by atoms with Crippen molar-refractivity contribution in [2.24, 2.45) is 0 Å². The number of fused-ring (bicyclic) bond motifs is 2. The van der Waals surface area contributed by atoms with Gasteiger partial charge in [0.25, 0.3) is 0 Å². The fourth-order valence-electron chi connectivity index (χ4n) is 4.15. The van der Waals surface area contributed by atoms with Crippen molar-refractivity contribution >= 4 is 5.69 Å². The molecule has 2 aromatic carbocycles. The second-order valence-corrected chi connectivity index (χ2v) is 6.97. The first-order valence-electron chi connectivity index (χ1n) is 8.90. The van der Waals surface area contributed by atoms with Gasteiger partial charge in [-0.2, -0.15) is 5.26 Å². The average molecular weight is 333 g/mol. The predicted molar refractivity (Wildman–Crippen MR) is 98.7 cm³/mol. The molecule has 2 unspecified atom stereocenters. The predicted octanol–water partition coefficient (Wildman–Crippen LogP) is 3.42. The number of hydrogen-bond acceptors (Lipinski definition) is 4. The zero-order valence-corrected chi connectivity index (χ0v) is 14.6. The van der Waals surface area contributed by atoms with Gasteiger partial charge in [0.1, 0.15) is 5.75 Å². The van der Waals surface area contributed by atoms with Crippen LogP contribution in [0.15, 0.2) is 48.5 Å². The van der Waals surface area contributed by atoms with E-state index in [1.807, 2.05) is 24.3 Å². The van der Waals surface area contributed by atoms with Crippen molar-refractivity contribution < 1.29 is 4.74 Å². The van der Waals surface area contributed by atoms with Crippen molar-refractivity contribution in [1.29, 1.82) is 5.26 Å². The lowest BCUT2D eigenvalue weighted by Crippen LogP contribution is -2.53. The van der Waals surface area contributed by atoms with Crippen LogP contribution >= 0.6 is 0 Å². The molecule has 0 amide bonds. The summed E-state index contributed by atoms with van der Waals surface area (Å²) in [6, 6.07) is 19.8. The first-order chi connectivity index (χ1) is 12.3. The smallest absolute Gasteiger partial charge is 0.119 e. The molecule has 0 spiro atoms. The number of nitriles is 1. The monoisotopic (exact) mass is 333 g/mol. The molecule has 2 aliphatic rings. The van der Waals surface area contributed by atoms with E-state index >= 15 is 0 Å². The molecule has 2 atom stereocenters. The van der Waals surface area contributed by atoms with Crippen LogP contribution in [0.5, 0.6) is 5.75 Å². The topological polar surface area (TPSA) is 39.5 Å². The Hall–Kier alpha value is -2.51. The Bertz CT molecular complexity index is 749. The molecule has 25 heavy (non-hydrogen) atoms. The highest BCUT2D eigenvalue weighted by molar-refractivity contribution is 5.50. The van der Waals surface area contributed by atoms with Crippen LogP contribution < -0.4 is 9.64 Å². The largest absolute Gasteiger partial charge is 0.497 e. The van der Waals surface area contributed by atoms with E-state index in [4.69, 9.17) is 10.00 Å². The van der Waals surface area contributed by atoms with E-state index < -0.39 is 0 Å². The van der Waals surface area contributed by atoms with Crippen molar-refractivity contribution in [2.45, 2.75) is 31.5 Å². The number of ether oxygens (including phenoxy) is 1. The van der Waals surface area contributed by atoms with E-state index in [-0.39, 0.29) is 0 Å². The summed E-state index contributed by atoms with van der Waals surface area (Å²) in [4.78, 5) is 5.17. The average Bonchev–Trinajstić information content (AvgIpc) is 2.90. The highest BCUT2D eigenvalue weighted by atomic mass is 16.5. The van der Waals surface area contributed by atoms with Gasteiger partial charge in [-0.05, 0) is 54.8 Å². The van der Waals surface area contributed by atoms with E-state index in [0.29, 0.717) is 12.1 Å². The SMILES string of the molecule is COc1ccc(N2CC3CCC(C2)N3Cc2ccc(C#N)cc2)cc1. The van der Waals surface area contributed by atoms with Gasteiger partial charge in [-0.15, -0.1) is 0 Å². The third-order valence-electron chi connectivity index (χ3n) is 5.52. The first kappa shape index (κ1) is 16.0. The third kappa shape index (κ3) is 3.20. The molecule has 128 valence electrons. The van der Waals surface area contributed by atoms with Crippen LogP contribution in [0, 0.1) is 11.3 Å². The second-order valence-electron chi connectivity index (χ2n) is 6.97. The highest BCUT2D eigenvalue weighted by Crippen LogP contribution is 2.34. The van der Waals surface area contributed by atoms with E-state index in [2.05, 4.69) is 40.1 Å². The normalized spacial score (nSPS) is 22.6. The standard InChI is InChI=1S/C21H23N3O/c1-25-21-10-8-18(9-11-21)23-14-19-6-7-20(15-23)24(19)13-17-4-2-16(12-22)3-5-17/h2-5,8-11,19-20H,6-7,13-15H2,1H3. The lowest BCUT2D eigenvalue weighted by atomic mass is 10.1. The Morgan fingerprint density at radius 3 is 2.20 bits per heavy atom. The number of rotatable bonds is 4. The fraction of sp³-hybridized carbons (Fsp3) is 0.381. The Balaban J connectivity index is 1.45. The van der Waals surface area contributed by atoms with Crippen LogP contribution in [-0.2, 0) is 6.54 Å². The number of anilines is 1. The number of piperazine rings is 1. The summed E-state index contributed by atoms with van der Waals surface area (Å²) in [5.74, 6) is 0.908. The first-order valence-corrected chi connectivity index (χ1v) is 8.90. The quantitative estimate of drug-likeness (QED) is 0.859. The molecule has 2 heterocycles. The maximum atomic E-state index is 8.94. The van der Waals surface area contributed by atoms with Gasteiger partial charge in [0.05, 0.1) is 18.7 Å². The van der Waals surface area contributed by atoms with Crippen LogP contribution in [0.3, 0.4) is 0 Å². The molecule has 2 aromatic rings. The van der Waals surface area contributed by atoms with Crippen LogP contribution in [-0.4, -0.2) is 37.2 Å². The van der Waals surface area contributed by atoms with E-state index in [1.54, 1.807) is 7.11 Å². The molecule has 2 saturated heterocycles. The molecule has 2 aliphatic heterocycles. The summed E-state index contributed by atoms with van der Waals surface area (Å²) < 4.78 is 5.26. The molecule has 0 N–H and O–H groups in total. The molecule has 2 bridgehead atoms. The van der Waals surface area contributed by atoms with Crippen molar-refractivity contribution in [2.75, 3.05) is 25.1 Å². The van der Waals surface area contributed by atoms with Gasteiger partial charge in [0.2, 0.25) is 0 Å². The van der Waals surface area contributed by atoms with Crippen LogP contribution in [0.25, 0.3) is 0 Å². The molecule has 4 nitrogen and oxygen atoms in total. The Kier molecular flexibility index (Phi) is 4.33. The molecule has 4 heteroatoms. The summed E-state index contributed by atoms with van der Waals surface area (Å²) in [6.45, 7) is 3.15. The molecule has 0 saturated carbocycles. The number of methoxy groups -OCH3 is 1. The van der Waals surface area contributed by atoms with Crippen molar-refractivity contribution in [1.82, 2.24) is 4.90 Å². The number of benzene rings is 2. The zero-order chi connectivity index (χ0) is 17.2. The molecular weight excluding hydrogens is 310 g/mol. The van der Waals surface area contributed by atoms with Gasteiger partial charge in [0, 0.05) is 37.4 Å².